The van der Waals surface area contributed by atoms with E-state index in [1.807, 2.05) is 11.8 Å². The monoisotopic (exact) mass is 520 g/mol. The number of amides is 4. The summed E-state index contributed by atoms with van der Waals surface area (Å²) < 4.78 is 0. The topological polar surface area (TPSA) is 106 Å². The van der Waals surface area contributed by atoms with E-state index in [0.717, 1.165) is 25.8 Å². The van der Waals surface area contributed by atoms with Gasteiger partial charge < -0.3 is 20.9 Å². The lowest BCUT2D eigenvalue weighted by Crippen LogP contribution is -2.46. The van der Waals surface area contributed by atoms with E-state index in [1.54, 1.807) is 0 Å². The Balaban J connectivity index is 0.00000300. The van der Waals surface area contributed by atoms with Crippen molar-refractivity contribution < 1.29 is 14.4 Å². The van der Waals surface area contributed by atoms with E-state index in [0.29, 0.717) is 31.5 Å². The van der Waals surface area contributed by atoms with Crippen molar-refractivity contribution in [2.75, 3.05) is 39.3 Å². The van der Waals surface area contributed by atoms with Crippen molar-refractivity contribution in [2.24, 2.45) is 10.9 Å². The van der Waals surface area contributed by atoms with Crippen LogP contribution in [0.25, 0.3) is 0 Å². The number of halogens is 1. The molecule has 4 amide bonds. The number of aliphatic imine (C=N–C) groups is 1. The van der Waals surface area contributed by atoms with Gasteiger partial charge in [0.1, 0.15) is 0 Å². The SMILES string of the molecule is CCNC(=NCCN1C(=O)CNC1=O)NC1CCN(C(=O)C2CCCCC2)C1.I. The molecule has 9 nitrogen and oxygen atoms in total. The van der Waals surface area contributed by atoms with E-state index in [2.05, 4.69) is 20.9 Å². The van der Waals surface area contributed by atoms with E-state index < -0.39 is 0 Å². The van der Waals surface area contributed by atoms with Gasteiger partial charge in [-0.15, -0.1) is 24.0 Å². The van der Waals surface area contributed by atoms with Crippen molar-refractivity contribution >= 4 is 47.8 Å². The van der Waals surface area contributed by atoms with Crippen LogP contribution in [0.4, 0.5) is 4.79 Å². The molecule has 0 radical (unpaired) electrons. The average molecular weight is 520 g/mol. The van der Waals surface area contributed by atoms with Gasteiger partial charge in [-0.3, -0.25) is 19.5 Å². The molecule has 3 rings (SSSR count). The Hall–Kier alpha value is -1.59. The first-order chi connectivity index (χ1) is 13.6. The first kappa shape index (κ1) is 23.7. The number of urea groups is 1. The fourth-order valence-corrected chi connectivity index (χ4v) is 4.14. The Morgan fingerprint density at radius 1 is 1.21 bits per heavy atom. The highest BCUT2D eigenvalue weighted by atomic mass is 127. The molecule has 164 valence electrons. The Labute approximate surface area is 189 Å². The van der Waals surface area contributed by atoms with Crippen LogP contribution in [0, 0.1) is 5.92 Å². The van der Waals surface area contributed by atoms with Gasteiger partial charge in [-0.2, -0.15) is 0 Å². The number of guanidine groups is 1. The summed E-state index contributed by atoms with van der Waals surface area (Å²) >= 11 is 0. The van der Waals surface area contributed by atoms with Crippen LogP contribution in [-0.4, -0.2) is 78.9 Å². The van der Waals surface area contributed by atoms with Crippen LogP contribution in [0.1, 0.15) is 45.4 Å². The summed E-state index contributed by atoms with van der Waals surface area (Å²) in [5.74, 6) is 0.959. The summed E-state index contributed by atoms with van der Waals surface area (Å²) in [7, 11) is 0. The van der Waals surface area contributed by atoms with Crippen molar-refractivity contribution in [1.29, 1.82) is 0 Å². The minimum atomic E-state index is -0.356. The molecule has 0 aromatic heterocycles. The van der Waals surface area contributed by atoms with Gasteiger partial charge in [0, 0.05) is 31.6 Å². The summed E-state index contributed by atoms with van der Waals surface area (Å²) in [4.78, 5) is 43.6. The highest BCUT2D eigenvalue weighted by molar-refractivity contribution is 14.0. The van der Waals surface area contributed by atoms with Gasteiger partial charge in [-0.25, -0.2) is 4.79 Å². The van der Waals surface area contributed by atoms with Crippen molar-refractivity contribution in [1.82, 2.24) is 25.8 Å². The number of nitrogens with one attached hydrogen (secondary N) is 3. The maximum atomic E-state index is 12.7. The molecule has 3 aliphatic rings. The summed E-state index contributed by atoms with van der Waals surface area (Å²) in [6, 6.07) is -0.187. The third-order valence-corrected chi connectivity index (χ3v) is 5.67. The van der Waals surface area contributed by atoms with Crippen LogP contribution in [0.5, 0.6) is 0 Å². The molecule has 0 aromatic carbocycles. The minimum Gasteiger partial charge on any atom is -0.357 e. The molecule has 0 spiro atoms. The lowest BCUT2D eigenvalue weighted by atomic mass is 9.88. The summed E-state index contributed by atoms with van der Waals surface area (Å²) in [5.41, 5.74) is 0. The van der Waals surface area contributed by atoms with E-state index >= 15 is 0 Å². The molecule has 1 atom stereocenters. The largest absolute Gasteiger partial charge is 0.357 e. The molecular weight excluding hydrogens is 487 g/mol. The predicted octanol–water partition coefficient (Wildman–Crippen LogP) is 0.893. The van der Waals surface area contributed by atoms with Crippen molar-refractivity contribution in [3.05, 3.63) is 0 Å². The van der Waals surface area contributed by atoms with Crippen LogP contribution in [0.3, 0.4) is 0 Å². The molecule has 1 unspecified atom stereocenters. The van der Waals surface area contributed by atoms with Gasteiger partial charge in [0.05, 0.1) is 19.6 Å². The number of carbonyl (C=O) groups excluding carboxylic acids is 3. The number of imide groups is 1. The van der Waals surface area contributed by atoms with Gasteiger partial charge in [0.25, 0.3) is 0 Å². The van der Waals surface area contributed by atoms with E-state index in [-0.39, 0.29) is 61.0 Å². The molecule has 1 aliphatic carbocycles. The Bertz CT molecular complexity index is 607. The van der Waals surface area contributed by atoms with Crippen molar-refractivity contribution in [2.45, 2.75) is 51.5 Å². The van der Waals surface area contributed by atoms with Crippen molar-refractivity contribution in [3.8, 4) is 0 Å². The molecule has 0 aromatic rings. The lowest BCUT2D eigenvalue weighted by Gasteiger charge is -2.26. The zero-order chi connectivity index (χ0) is 19.9. The number of nitrogens with zero attached hydrogens (tertiary/aromatic N) is 3. The molecule has 2 aliphatic heterocycles. The van der Waals surface area contributed by atoms with Gasteiger partial charge in [0.2, 0.25) is 11.8 Å². The summed E-state index contributed by atoms with van der Waals surface area (Å²) in [6.07, 6.45) is 6.54. The fourth-order valence-electron chi connectivity index (χ4n) is 4.14. The second-order valence-corrected chi connectivity index (χ2v) is 7.71. The van der Waals surface area contributed by atoms with Gasteiger partial charge in [-0.05, 0) is 26.2 Å². The van der Waals surface area contributed by atoms with Crippen LogP contribution >= 0.6 is 24.0 Å². The third-order valence-electron chi connectivity index (χ3n) is 5.67. The highest BCUT2D eigenvalue weighted by Crippen LogP contribution is 2.26. The zero-order valence-electron chi connectivity index (χ0n) is 17.1. The first-order valence-electron chi connectivity index (χ1n) is 10.5. The minimum absolute atomic E-state index is 0. The molecule has 2 saturated heterocycles. The highest BCUT2D eigenvalue weighted by Gasteiger charge is 2.32. The molecule has 1 saturated carbocycles. The normalized spacial score (nSPS) is 23.1. The van der Waals surface area contributed by atoms with E-state index in [9.17, 15) is 14.4 Å². The molecule has 3 N–H and O–H groups in total. The quantitative estimate of drug-likeness (QED) is 0.209. The van der Waals surface area contributed by atoms with Crippen molar-refractivity contribution in [3.63, 3.8) is 0 Å². The average Bonchev–Trinajstić information content (AvgIpc) is 3.29. The number of hydrogen-bond donors (Lipinski definition) is 3. The lowest BCUT2D eigenvalue weighted by molar-refractivity contribution is -0.135. The Morgan fingerprint density at radius 2 is 1.97 bits per heavy atom. The number of hydrogen-bond acceptors (Lipinski definition) is 4. The number of carbonyl (C=O) groups is 3. The molecule has 3 fully saturated rings. The van der Waals surface area contributed by atoms with Crippen LogP contribution in [-0.2, 0) is 9.59 Å². The van der Waals surface area contributed by atoms with Crippen LogP contribution < -0.4 is 16.0 Å². The predicted molar refractivity (Wildman–Crippen MR) is 121 cm³/mol. The zero-order valence-corrected chi connectivity index (χ0v) is 19.4. The maximum absolute atomic E-state index is 12.7. The molecular formula is C19H33IN6O3. The maximum Gasteiger partial charge on any atom is 0.324 e. The summed E-state index contributed by atoms with van der Waals surface area (Å²) in [6.45, 7) is 4.86. The number of rotatable bonds is 6. The third kappa shape index (κ3) is 6.45. The molecule has 29 heavy (non-hydrogen) atoms. The van der Waals surface area contributed by atoms with E-state index in [4.69, 9.17) is 0 Å². The molecule has 10 heteroatoms. The molecule has 0 bridgehead atoms. The smallest absolute Gasteiger partial charge is 0.324 e. The Kier molecular flexibility index (Phi) is 9.44. The molecule has 2 heterocycles. The fraction of sp³-hybridized carbons (Fsp3) is 0.789. The number of likely N-dealkylation sites (tertiary alicyclic amines) is 1. The van der Waals surface area contributed by atoms with Gasteiger partial charge in [-0.1, -0.05) is 19.3 Å². The standard InChI is InChI=1S/C19H32N6O3.HI/c1-2-20-18(21-9-11-25-16(26)12-22-19(25)28)23-15-8-10-24(13-15)17(27)14-6-4-3-5-7-14;/h14-15H,2-13H2,1H3,(H,22,28)(H2,20,21,23);1H. The van der Waals surface area contributed by atoms with Crippen LogP contribution in [0.15, 0.2) is 4.99 Å². The first-order valence-corrected chi connectivity index (χ1v) is 10.5. The van der Waals surface area contributed by atoms with E-state index in [1.165, 1.54) is 24.2 Å². The second kappa shape index (κ2) is 11.6. The van der Waals surface area contributed by atoms with Gasteiger partial charge >= 0.3 is 6.03 Å². The Morgan fingerprint density at radius 3 is 2.62 bits per heavy atom. The van der Waals surface area contributed by atoms with Crippen LogP contribution in [0.2, 0.25) is 0 Å². The van der Waals surface area contributed by atoms with Gasteiger partial charge in [0.15, 0.2) is 5.96 Å². The summed E-state index contributed by atoms with van der Waals surface area (Å²) in [5, 5.41) is 9.09. The second-order valence-electron chi connectivity index (χ2n) is 7.71.